The van der Waals surface area contributed by atoms with Crippen LogP contribution in [0, 0.1) is 5.41 Å². The van der Waals surface area contributed by atoms with Crippen molar-refractivity contribution in [2.45, 2.75) is 45.6 Å². The maximum Gasteiger partial charge on any atom is 0.0639 e. The molecule has 1 aliphatic carbocycles. The highest BCUT2D eigenvalue weighted by atomic mass is 35.5. The maximum atomic E-state index is 6.25. The molecule has 1 unspecified atom stereocenters. The summed E-state index contributed by atoms with van der Waals surface area (Å²) in [5.74, 6) is 0. The van der Waals surface area contributed by atoms with Crippen LogP contribution in [0.1, 0.15) is 51.1 Å². The highest BCUT2D eigenvalue weighted by molar-refractivity contribution is 6.42. The van der Waals surface area contributed by atoms with Gasteiger partial charge in [0.05, 0.1) is 10.0 Å². The van der Waals surface area contributed by atoms with Crippen LogP contribution in [0.2, 0.25) is 10.0 Å². The molecule has 1 aliphatic rings. The molecule has 18 heavy (non-hydrogen) atoms. The minimum atomic E-state index is 0.250. The summed E-state index contributed by atoms with van der Waals surface area (Å²) in [6.45, 7) is 5.52. The molecule has 0 amide bonds. The van der Waals surface area contributed by atoms with Gasteiger partial charge >= 0.3 is 0 Å². The summed E-state index contributed by atoms with van der Waals surface area (Å²) in [6, 6.07) is 6.09. The Labute approximate surface area is 120 Å². The van der Waals surface area contributed by atoms with Crippen LogP contribution in [0.5, 0.6) is 0 Å². The zero-order chi connectivity index (χ0) is 13.2. The van der Waals surface area contributed by atoms with Gasteiger partial charge in [0.25, 0.3) is 0 Å². The van der Waals surface area contributed by atoms with Crippen molar-refractivity contribution in [2.75, 3.05) is 6.54 Å². The summed E-state index contributed by atoms with van der Waals surface area (Å²) in [4.78, 5) is 0. The van der Waals surface area contributed by atoms with E-state index in [-0.39, 0.29) is 6.04 Å². The summed E-state index contributed by atoms with van der Waals surface area (Å²) in [6.07, 6.45) is 5.34. The molecule has 0 saturated heterocycles. The highest BCUT2D eigenvalue weighted by Gasteiger charge is 2.34. The van der Waals surface area contributed by atoms with E-state index in [2.05, 4.69) is 19.2 Å². The number of halogens is 2. The van der Waals surface area contributed by atoms with Crippen LogP contribution in [0.25, 0.3) is 0 Å². The Bertz CT molecular complexity index is 407. The summed E-state index contributed by atoms with van der Waals surface area (Å²) in [7, 11) is 0. The number of nitrogens with one attached hydrogen (secondary N) is 1. The third-order valence-corrected chi connectivity index (χ3v) is 5.23. The van der Waals surface area contributed by atoms with E-state index >= 15 is 0 Å². The molecule has 1 fully saturated rings. The van der Waals surface area contributed by atoms with Crippen molar-refractivity contribution in [3.8, 4) is 0 Å². The number of hydrogen-bond donors (Lipinski definition) is 1. The zero-order valence-corrected chi connectivity index (χ0v) is 12.6. The van der Waals surface area contributed by atoms with E-state index < -0.39 is 0 Å². The lowest BCUT2D eigenvalue weighted by molar-refractivity contribution is 0.120. The van der Waals surface area contributed by atoms with Gasteiger partial charge in [-0.15, -0.1) is 0 Å². The van der Waals surface area contributed by atoms with Gasteiger partial charge in [0.2, 0.25) is 0 Å². The van der Waals surface area contributed by atoms with Crippen molar-refractivity contribution in [3.05, 3.63) is 33.8 Å². The van der Waals surface area contributed by atoms with Crippen LogP contribution in [-0.2, 0) is 0 Å². The first-order valence-electron chi connectivity index (χ1n) is 6.75. The second-order valence-corrected chi connectivity index (χ2v) is 6.24. The molecule has 1 N–H and O–H groups in total. The minimum absolute atomic E-state index is 0.250. The van der Waals surface area contributed by atoms with Gasteiger partial charge in [-0.05, 0) is 43.2 Å². The first kappa shape index (κ1) is 14.2. The van der Waals surface area contributed by atoms with E-state index in [1.807, 2.05) is 18.2 Å². The largest absolute Gasteiger partial charge is 0.310 e. The van der Waals surface area contributed by atoms with Gasteiger partial charge in [0.15, 0.2) is 0 Å². The second kappa shape index (κ2) is 5.81. The average molecular weight is 286 g/mol. The molecule has 100 valence electrons. The topological polar surface area (TPSA) is 12.0 Å². The van der Waals surface area contributed by atoms with Crippen LogP contribution in [0.4, 0.5) is 0 Å². The van der Waals surface area contributed by atoms with E-state index in [4.69, 9.17) is 23.2 Å². The van der Waals surface area contributed by atoms with Crippen molar-refractivity contribution >= 4 is 23.2 Å². The second-order valence-electron chi connectivity index (χ2n) is 5.45. The Morgan fingerprint density at radius 1 is 1.33 bits per heavy atom. The molecule has 0 aromatic heterocycles. The summed E-state index contributed by atoms with van der Waals surface area (Å²) in [5.41, 5.74) is 1.62. The smallest absolute Gasteiger partial charge is 0.0639 e. The molecule has 1 nitrogen and oxygen atoms in total. The molecule has 1 atom stereocenters. The van der Waals surface area contributed by atoms with Crippen LogP contribution in [0.3, 0.4) is 0 Å². The number of rotatable bonds is 5. The van der Waals surface area contributed by atoms with Gasteiger partial charge < -0.3 is 5.32 Å². The molecule has 0 spiro atoms. The molecule has 1 aromatic rings. The van der Waals surface area contributed by atoms with Gasteiger partial charge in [-0.2, -0.15) is 0 Å². The molecule has 0 aliphatic heterocycles. The first-order chi connectivity index (χ1) is 8.58. The lowest BCUT2D eigenvalue weighted by Crippen LogP contribution is -2.40. The quantitative estimate of drug-likeness (QED) is 0.782. The van der Waals surface area contributed by atoms with Gasteiger partial charge in [-0.25, -0.2) is 0 Å². The molecular weight excluding hydrogens is 265 g/mol. The third kappa shape index (κ3) is 2.84. The van der Waals surface area contributed by atoms with E-state index in [9.17, 15) is 0 Å². The van der Waals surface area contributed by atoms with Crippen molar-refractivity contribution in [3.63, 3.8) is 0 Å². The standard InChI is InChI=1S/C15H21Cl2N/c1-3-15(8-5-9-15)10-18-11(2)12-6-4-7-13(16)14(12)17/h4,6-7,11,18H,3,5,8-10H2,1-2H3. The van der Waals surface area contributed by atoms with E-state index in [1.54, 1.807) is 0 Å². The summed E-state index contributed by atoms with van der Waals surface area (Å²) < 4.78 is 0. The molecule has 1 saturated carbocycles. The molecule has 3 heteroatoms. The molecule has 1 aromatic carbocycles. The zero-order valence-electron chi connectivity index (χ0n) is 11.1. The Kier molecular flexibility index (Phi) is 4.58. The monoisotopic (exact) mass is 285 g/mol. The Hall–Kier alpha value is -0.240. The normalized spacial score (nSPS) is 19.3. The van der Waals surface area contributed by atoms with E-state index in [1.165, 1.54) is 25.7 Å². The Morgan fingerprint density at radius 3 is 2.61 bits per heavy atom. The predicted molar refractivity (Wildman–Crippen MR) is 79.5 cm³/mol. The fourth-order valence-electron chi connectivity index (χ4n) is 2.67. The van der Waals surface area contributed by atoms with Crippen LogP contribution in [0.15, 0.2) is 18.2 Å². The molecule has 0 bridgehead atoms. The average Bonchev–Trinajstić information content (AvgIpc) is 2.31. The first-order valence-corrected chi connectivity index (χ1v) is 7.51. The van der Waals surface area contributed by atoms with Crippen LogP contribution < -0.4 is 5.32 Å². The summed E-state index contributed by atoms with van der Waals surface area (Å²) >= 11 is 12.3. The van der Waals surface area contributed by atoms with Crippen LogP contribution in [-0.4, -0.2) is 6.54 Å². The number of hydrogen-bond acceptors (Lipinski definition) is 1. The third-order valence-electron chi connectivity index (χ3n) is 4.40. The fraction of sp³-hybridized carbons (Fsp3) is 0.600. The predicted octanol–water partition coefficient (Wildman–Crippen LogP) is 5.22. The van der Waals surface area contributed by atoms with E-state index in [0.29, 0.717) is 15.5 Å². The van der Waals surface area contributed by atoms with Gasteiger partial charge in [-0.3, -0.25) is 0 Å². The minimum Gasteiger partial charge on any atom is -0.310 e. The highest BCUT2D eigenvalue weighted by Crippen LogP contribution is 2.43. The SMILES string of the molecule is CCC1(CNC(C)c2cccc(Cl)c2Cl)CCC1. The molecular formula is C15H21Cl2N. The van der Waals surface area contributed by atoms with Gasteiger partial charge in [0, 0.05) is 12.6 Å². The summed E-state index contributed by atoms with van der Waals surface area (Å²) in [5, 5.41) is 4.93. The van der Waals surface area contributed by atoms with Crippen LogP contribution >= 0.6 is 23.2 Å². The lowest BCUT2D eigenvalue weighted by Gasteiger charge is -2.42. The Morgan fingerprint density at radius 2 is 2.06 bits per heavy atom. The maximum absolute atomic E-state index is 6.25. The van der Waals surface area contributed by atoms with Gasteiger partial charge in [-0.1, -0.05) is 48.7 Å². The number of benzene rings is 1. The van der Waals surface area contributed by atoms with Crippen molar-refractivity contribution in [1.29, 1.82) is 0 Å². The van der Waals surface area contributed by atoms with Crippen molar-refractivity contribution in [1.82, 2.24) is 5.32 Å². The fourth-order valence-corrected chi connectivity index (χ4v) is 3.14. The lowest BCUT2D eigenvalue weighted by atomic mass is 9.67. The molecule has 0 radical (unpaired) electrons. The van der Waals surface area contributed by atoms with E-state index in [0.717, 1.165) is 12.1 Å². The molecule has 2 rings (SSSR count). The van der Waals surface area contributed by atoms with Crippen molar-refractivity contribution < 1.29 is 0 Å². The molecule has 0 heterocycles. The van der Waals surface area contributed by atoms with Crippen molar-refractivity contribution in [2.24, 2.45) is 5.41 Å². The Balaban J connectivity index is 1.99. The van der Waals surface area contributed by atoms with Gasteiger partial charge in [0.1, 0.15) is 0 Å².